The zero-order chi connectivity index (χ0) is 16.9. The van der Waals surface area contributed by atoms with Crippen molar-refractivity contribution in [3.63, 3.8) is 0 Å². The number of β-amino-alcohol motifs (C(OH)–C–C–N with tert-alkyl or cyclic N) is 1. The summed E-state index contributed by atoms with van der Waals surface area (Å²) in [4.78, 5) is 17.6. The maximum atomic E-state index is 12.7. The molecule has 0 amide bonds. The summed E-state index contributed by atoms with van der Waals surface area (Å²) >= 11 is 0. The van der Waals surface area contributed by atoms with Gasteiger partial charge in [-0.2, -0.15) is 4.31 Å². The Kier molecular flexibility index (Phi) is 3.14. The third kappa shape index (κ3) is 2.25. The van der Waals surface area contributed by atoms with Gasteiger partial charge in [0, 0.05) is 37.1 Å². The van der Waals surface area contributed by atoms with Crippen molar-refractivity contribution < 1.29 is 17.9 Å². The molecule has 3 aromatic rings. The van der Waals surface area contributed by atoms with Gasteiger partial charge in [0.05, 0.1) is 10.4 Å². The summed E-state index contributed by atoms with van der Waals surface area (Å²) in [6.07, 6.45) is 3.10. The molecular weight excluding hydrogens is 334 g/mol. The molecule has 0 spiro atoms. The fourth-order valence-corrected chi connectivity index (χ4v) is 4.32. The smallest absolute Gasteiger partial charge is 0.408 e. The van der Waals surface area contributed by atoms with E-state index >= 15 is 0 Å². The van der Waals surface area contributed by atoms with Crippen molar-refractivity contribution in [1.82, 2.24) is 14.3 Å². The number of hydrogen-bond donors (Lipinski definition) is 2. The third-order valence-electron chi connectivity index (χ3n) is 4.10. The number of sulfonamides is 1. The molecule has 0 atom stereocenters. The highest BCUT2D eigenvalue weighted by Crippen LogP contribution is 2.35. The lowest BCUT2D eigenvalue weighted by molar-refractivity contribution is -0.0650. The molecule has 1 saturated heterocycles. The fraction of sp³-hybridized carbons (Fsp3) is 0.200. The highest BCUT2D eigenvalue weighted by Gasteiger charge is 2.48. The quantitative estimate of drug-likeness (QED) is 0.709. The number of oxazole rings is 1. The molecule has 0 saturated carbocycles. The highest BCUT2D eigenvalue weighted by molar-refractivity contribution is 7.89. The number of benzene rings is 1. The van der Waals surface area contributed by atoms with Gasteiger partial charge in [-0.05, 0) is 18.2 Å². The van der Waals surface area contributed by atoms with Gasteiger partial charge >= 0.3 is 5.76 Å². The number of nitrogens with zero attached hydrogens (tertiary/aromatic N) is 2. The fourth-order valence-electron chi connectivity index (χ4n) is 2.76. The lowest BCUT2D eigenvalue weighted by Crippen LogP contribution is -2.61. The summed E-state index contributed by atoms with van der Waals surface area (Å²) < 4.78 is 31.4. The van der Waals surface area contributed by atoms with Gasteiger partial charge in [-0.3, -0.25) is 9.97 Å². The molecule has 2 aromatic heterocycles. The third-order valence-corrected chi connectivity index (χ3v) is 5.89. The first-order valence-corrected chi connectivity index (χ1v) is 8.58. The van der Waals surface area contributed by atoms with Gasteiger partial charge in [0.2, 0.25) is 10.0 Å². The second-order valence-corrected chi connectivity index (χ2v) is 7.66. The van der Waals surface area contributed by atoms with E-state index in [1.165, 1.54) is 28.7 Å². The molecule has 8 nitrogen and oxygen atoms in total. The molecule has 0 bridgehead atoms. The molecule has 124 valence electrons. The summed E-state index contributed by atoms with van der Waals surface area (Å²) in [5.41, 5.74) is -0.0754. The number of H-pyrrole nitrogens is 1. The van der Waals surface area contributed by atoms with Crippen LogP contribution in [0, 0.1) is 0 Å². The van der Waals surface area contributed by atoms with E-state index in [0.717, 1.165) is 0 Å². The van der Waals surface area contributed by atoms with Gasteiger partial charge in [0.25, 0.3) is 0 Å². The number of nitrogens with one attached hydrogen (secondary N) is 1. The van der Waals surface area contributed by atoms with Gasteiger partial charge in [0.15, 0.2) is 5.58 Å². The van der Waals surface area contributed by atoms with E-state index in [2.05, 4.69) is 9.97 Å². The number of pyridine rings is 1. The average Bonchev–Trinajstić information content (AvgIpc) is 2.91. The number of aromatic nitrogens is 2. The van der Waals surface area contributed by atoms with Gasteiger partial charge in [-0.15, -0.1) is 0 Å². The van der Waals surface area contributed by atoms with Crippen LogP contribution in [-0.2, 0) is 15.6 Å². The molecule has 1 aliphatic heterocycles. The van der Waals surface area contributed by atoms with Crippen molar-refractivity contribution in [2.75, 3.05) is 13.1 Å². The lowest BCUT2D eigenvalue weighted by Gasteiger charge is -2.45. The lowest BCUT2D eigenvalue weighted by atomic mass is 9.89. The number of aliphatic hydroxyl groups is 1. The van der Waals surface area contributed by atoms with E-state index in [1.807, 2.05) is 0 Å². The summed E-state index contributed by atoms with van der Waals surface area (Å²) in [6, 6.07) is 7.55. The molecule has 0 aliphatic carbocycles. The minimum absolute atomic E-state index is 0.00554. The second-order valence-electron chi connectivity index (χ2n) is 5.72. The first-order chi connectivity index (χ1) is 11.4. The summed E-state index contributed by atoms with van der Waals surface area (Å²) in [6.45, 7) is -0.119. The molecule has 0 radical (unpaired) electrons. The Labute approximate surface area is 136 Å². The van der Waals surface area contributed by atoms with Crippen LogP contribution in [0.15, 0.2) is 56.8 Å². The van der Waals surface area contributed by atoms with E-state index in [4.69, 9.17) is 4.42 Å². The van der Waals surface area contributed by atoms with Crippen LogP contribution in [0.2, 0.25) is 0 Å². The second kappa shape index (κ2) is 5.00. The molecule has 0 unspecified atom stereocenters. The monoisotopic (exact) mass is 347 g/mol. The van der Waals surface area contributed by atoms with Crippen LogP contribution >= 0.6 is 0 Å². The molecule has 2 N–H and O–H groups in total. The first-order valence-electron chi connectivity index (χ1n) is 7.14. The van der Waals surface area contributed by atoms with Gasteiger partial charge < -0.3 is 9.52 Å². The minimum Gasteiger partial charge on any atom is -0.408 e. The predicted molar refractivity (Wildman–Crippen MR) is 83.7 cm³/mol. The SMILES string of the molecule is O=c1[nH]c2ccc(S(=O)(=O)N3CC(O)(c4cccnc4)C3)cc2o1. The van der Waals surface area contributed by atoms with Crippen molar-refractivity contribution in [2.24, 2.45) is 0 Å². The topological polar surface area (TPSA) is 116 Å². The van der Waals surface area contributed by atoms with Crippen molar-refractivity contribution in [3.8, 4) is 0 Å². The van der Waals surface area contributed by atoms with Gasteiger partial charge in [-0.1, -0.05) is 6.07 Å². The number of fused-ring (bicyclic) bond motifs is 1. The maximum absolute atomic E-state index is 12.7. The van der Waals surface area contributed by atoms with Crippen molar-refractivity contribution >= 4 is 21.1 Å². The van der Waals surface area contributed by atoms with Crippen molar-refractivity contribution in [1.29, 1.82) is 0 Å². The van der Waals surface area contributed by atoms with Gasteiger partial charge in [-0.25, -0.2) is 13.2 Å². The van der Waals surface area contributed by atoms with Gasteiger partial charge in [0.1, 0.15) is 5.60 Å². The number of aromatic amines is 1. The van der Waals surface area contributed by atoms with E-state index in [9.17, 15) is 18.3 Å². The van der Waals surface area contributed by atoms with Crippen LogP contribution in [-0.4, -0.2) is 40.9 Å². The van der Waals surface area contributed by atoms with Crippen LogP contribution in [0.3, 0.4) is 0 Å². The van der Waals surface area contributed by atoms with E-state index < -0.39 is 21.4 Å². The van der Waals surface area contributed by atoms with E-state index in [0.29, 0.717) is 11.1 Å². The molecule has 3 heterocycles. The summed E-state index contributed by atoms with van der Waals surface area (Å²) in [5.74, 6) is -0.644. The Morgan fingerprint density at radius 1 is 1.29 bits per heavy atom. The maximum Gasteiger partial charge on any atom is 0.417 e. The zero-order valence-corrected chi connectivity index (χ0v) is 13.2. The largest absolute Gasteiger partial charge is 0.417 e. The van der Waals surface area contributed by atoms with Crippen molar-refractivity contribution in [3.05, 3.63) is 58.8 Å². The number of rotatable bonds is 3. The summed E-state index contributed by atoms with van der Waals surface area (Å²) in [5, 5.41) is 10.5. The Morgan fingerprint density at radius 2 is 2.08 bits per heavy atom. The van der Waals surface area contributed by atoms with Crippen LogP contribution in [0.5, 0.6) is 0 Å². The molecular formula is C15H13N3O5S. The Morgan fingerprint density at radius 3 is 2.79 bits per heavy atom. The van der Waals surface area contributed by atoms with E-state index in [-0.39, 0.29) is 23.6 Å². The minimum atomic E-state index is -3.79. The summed E-state index contributed by atoms with van der Waals surface area (Å²) in [7, 11) is -3.79. The standard InChI is InChI=1S/C15H13N3O5S/c19-14-17-12-4-3-11(6-13(12)23-14)24(21,22)18-8-15(20,9-18)10-2-1-5-16-7-10/h1-7,20H,8-9H2,(H,17,19). The zero-order valence-electron chi connectivity index (χ0n) is 12.3. The van der Waals surface area contributed by atoms with Crippen LogP contribution in [0.4, 0.5) is 0 Å². The highest BCUT2D eigenvalue weighted by atomic mass is 32.2. The number of hydrogen-bond acceptors (Lipinski definition) is 6. The first kappa shape index (κ1) is 15.1. The average molecular weight is 347 g/mol. The Bertz CT molecular complexity index is 1070. The molecule has 9 heteroatoms. The Balaban J connectivity index is 1.63. The predicted octanol–water partition coefficient (Wildman–Crippen LogP) is 0.408. The molecule has 24 heavy (non-hydrogen) atoms. The Hall–Kier alpha value is -2.49. The van der Waals surface area contributed by atoms with Crippen LogP contribution in [0.1, 0.15) is 5.56 Å². The van der Waals surface area contributed by atoms with Crippen LogP contribution in [0.25, 0.3) is 11.1 Å². The normalized spacial score (nSPS) is 17.7. The molecule has 1 fully saturated rings. The van der Waals surface area contributed by atoms with Crippen molar-refractivity contribution in [2.45, 2.75) is 10.5 Å². The van der Waals surface area contributed by atoms with E-state index in [1.54, 1.807) is 18.3 Å². The molecule has 4 rings (SSSR count). The molecule has 1 aromatic carbocycles. The van der Waals surface area contributed by atoms with Crippen LogP contribution < -0.4 is 5.76 Å². The molecule has 1 aliphatic rings.